The fourth-order valence-corrected chi connectivity index (χ4v) is 2.63. The molecule has 1 fully saturated rings. The van der Waals surface area contributed by atoms with Gasteiger partial charge in [-0.25, -0.2) is 0 Å². The van der Waals surface area contributed by atoms with Crippen LogP contribution in [0.5, 0.6) is 0 Å². The summed E-state index contributed by atoms with van der Waals surface area (Å²) < 4.78 is 12.3. The zero-order valence-corrected chi connectivity index (χ0v) is 15.1. The van der Waals surface area contributed by atoms with Gasteiger partial charge in [-0.2, -0.15) is 0 Å². The van der Waals surface area contributed by atoms with Crippen molar-refractivity contribution in [3.05, 3.63) is 40.4 Å². The molecule has 0 aromatic heterocycles. The first kappa shape index (κ1) is 18.2. The Morgan fingerprint density at radius 2 is 1.83 bits per heavy atom. The molecule has 4 nitrogen and oxygen atoms in total. The first-order chi connectivity index (χ1) is 10.7. The molecule has 0 amide bonds. The van der Waals surface area contributed by atoms with Crippen LogP contribution in [0.3, 0.4) is 0 Å². The normalized spacial score (nSPS) is 20.1. The zero-order chi connectivity index (χ0) is 17.3. The predicted octanol–water partition coefficient (Wildman–Crippen LogP) is 2.72. The Bertz CT molecular complexity index is 580. The molecule has 5 heteroatoms. The van der Waals surface area contributed by atoms with Gasteiger partial charge >= 0.3 is 7.12 Å². The largest absolute Gasteiger partial charge is 0.491 e. The molecule has 1 heterocycles. The number of benzene rings is 1. The lowest BCUT2D eigenvalue weighted by Crippen LogP contribution is -2.41. The number of aliphatic hydroxyl groups excluding tert-OH is 1. The molecule has 0 spiro atoms. The number of rotatable bonds is 5. The quantitative estimate of drug-likeness (QED) is 0.820. The molecule has 0 saturated carbocycles. The van der Waals surface area contributed by atoms with Crippen molar-refractivity contribution in [2.75, 3.05) is 13.6 Å². The molecular weight excluding hydrogens is 289 g/mol. The third-order valence-corrected chi connectivity index (χ3v) is 4.94. The molecule has 0 bridgehead atoms. The Morgan fingerprint density at radius 1 is 1.22 bits per heavy atom. The number of aliphatic hydroxyl groups is 1. The average Bonchev–Trinajstić information content (AvgIpc) is 2.69. The van der Waals surface area contributed by atoms with Crippen molar-refractivity contribution in [2.24, 2.45) is 0 Å². The molecular formula is C18H28BNO3. The Kier molecular flexibility index (Phi) is 5.36. The Labute approximate surface area is 140 Å². The van der Waals surface area contributed by atoms with Crippen molar-refractivity contribution < 1.29 is 14.4 Å². The van der Waals surface area contributed by atoms with E-state index in [1.54, 1.807) is 0 Å². The Balaban J connectivity index is 2.36. The topological polar surface area (TPSA) is 50.7 Å². The van der Waals surface area contributed by atoms with E-state index < -0.39 is 0 Å². The molecule has 1 aliphatic heterocycles. The predicted molar refractivity (Wildman–Crippen MR) is 95.1 cm³/mol. The van der Waals surface area contributed by atoms with Gasteiger partial charge in [0, 0.05) is 6.54 Å². The highest BCUT2D eigenvalue weighted by Crippen LogP contribution is 2.38. The zero-order valence-electron chi connectivity index (χ0n) is 15.1. The van der Waals surface area contributed by atoms with Crippen LogP contribution in [0.15, 0.2) is 23.7 Å². The van der Waals surface area contributed by atoms with Crippen molar-refractivity contribution in [3.63, 3.8) is 0 Å². The van der Waals surface area contributed by atoms with E-state index in [1.807, 2.05) is 26.1 Å². The number of likely N-dealkylation sites (N-methyl/N-ethyl adjacent to an activating group) is 1. The van der Waals surface area contributed by atoms with Gasteiger partial charge in [-0.05, 0) is 63.8 Å². The van der Waals surface area contributed by atoms with Gasteiger partial charge in [0.05, 0.1) is 17.8 Å². The molecule has 1 aliphatic rings. The van der Waals surface area contributed by atoms with E-state index in [9.17, 15) is 5.11 Å². The van der Waals surface area contributed by atoms with Crippen LogP contribution in [0, 0.1) is 6.92 Å². The van der Waals surface area contributed by atoms with Gasteiger partial charge in [0.1, 0.15) is 0 Å². The summed E-state index contributed by atoms with van der Waals surface area (Å²) in [5, 5.41) is 12.6. The first-order valence-corrected chi connectivity index (χ1v) is 8.12. The van der Waals surface area contributed by atoms with Crippen molar-refractivity contribution in [2.45, 2.75) is 52.4 Å². The van der Waals surface area contributed by atoms with Gasteiger partial charge < -0.3 is 19.7 Å². The van der Waals surface area contributed by atoms with Crippen LogP contribution in [0.2, 0.25) is 0 Å². The second-order valence-corrected chi connectivity index (χ2v) is 7.13. The second kappa shape index (κ2) is 6.77. The van der Waals surface area contributed by atoms with Crippen molar-refractivity contribution in [3.8, 4) is 0 Å². The molecule has 23 heavy (non-hydrogen) atoms. The molecule has 126 valence electrons. The lowest BCUT2D eigenvalue weighted by Gasteiger charge is -2.32. The summed E-state index contributed by atoms with van der Waals surface area (Å²) >= 11 is 0. The SMILES string of the molecule is CNCC(=Cc1cccc(CO)c1C)B1OC(C)(C)C(C)(C)O1. The third kappa shape index (κ3) is 3.69. The molecule has 0 unspecified atom stereocenters. The fourth-order valence-electron chi connectivity index (χ4n) is 2.63. The molecule has 1 aromatic rings. The second-order valence-electron chi connectivity index (χ2n) is 7.13. The van der Waals surface area contributed by atoms with Gasteiger partial charge in [-0.15, -0.1) is 0 Å². The molecule has 0 radical (unpaired) electrons. The summed E-state index contributed by atoms with van der Waals surface area (Å²) in [6, 6.07) is 5.96. The first-order valence-electron chi connectivity index (χ1n) is 8.12. The molecule has 0 atom stereocenters. The van der Waals surface area contributed by atoms with E-state index in [0.29, 0.717) is 6.54 Å². The molecule has 0 aliphatic carbocycles. The van der Waals surface area contributed by atoms with E-state index in [4.69, 9.17) is 9.31 Å². The minimum Gasteiger partial charge on any atom is -0.400 e. The van der Waals surface area contributed by atoms with E-state index in [-0.39, 0.29) is 24.9 Å². The highest BCUT2D eigenvalue weighted by Gasteiger charge is 2.52. The average molecular weight is 317 g/mol. The summed E-state index contributed by atoms with van der Waals surface area (Å²) in [5.41, 5.74) is 3.44. The number of hydrogen-bond donors (Lipinski definition) is 2. The summed E-state index contributed by atoms with van der Waals surface area (Å²) in [6.07, 6.45) is 2.10. The minimum atomic E-state index is -0.371. The number of hydrogen-bond acceptors (Lipinski definition) is 4. The van der Waals surface area contributed by atoms with Gasteiger partial charge in [0.15, 0.2) is 0 Å². The maximum absolute atomic E-state index is 9.45. The van der Waals surface area contributed by atoms with Crippen LogP contribution in [-0.4, -0.2) is 37.0 Å². The van der Waals surface area contributed by atoms with Gasteiger partial charge in [0.25, 0.3) is 0 Å². The van der Waals surface area contributed by atoms with Crippen molar-refractivity contribution in [1.82, 2.24) is 5.32 Å². The van der Waals surface area contributed by atoms with Crippen LogP contribution in [0.1, 0.15) is 44.4 Å². The van der Waals surface area contributed by atoms with Crippen molar-refractivity contribution in [1.29, 1.82) is 0 Å². The lowest BCUT2D eigenvalue weighted by molar-refractivity contribution is 0.00578. The summed E-state index contributed by atoms with van der Waals surface area (Å²) in [5.74, 6) is 0. The summed E-state index contributed by atoms with van der Waals surface area (Å²) in [6.45, 7) is 11.0. The van der Waals surface area contributed by atoms with Gasteiger partial charge in [-0.3, -0.25) is 0 Å². The molecule has 2 N–H and O–H groups in total. The smallest absolute Gasteiger partial charge is 0.400 e. The third-order valence-electron chi connectivity index (χ3n) is 4.94. The van der Waals surface area contributed by atoms with Crippen LogP contribution in [0.4, 0.5) is 0 Å². The van der Waals surface area contributed by atoms with Gasteiger partial charge in [0.2, 0.25) is 0 Å². The van der Waals surface area contributed by atoms with Gasteiger partial charge in [-0.1, -0.05) is 24.3 Å². The fraction of sp³-hybridized carbons (Fsp3) is 0.556. The van der Waals surface area contributed by atoms with E-state index in [2.05, 4.69) is 45.2 Å². The van der Waals surface area contributed by atoms with E-state index >= 15 is 0 Å². The Morgan fingerprint density at radius 3 is 2.35 bits per heavy atom. The summed E-state index contributed by atoms with van der Waals surface area (Å²) in [4.78, 5) is 0. The maximum Gasteiger partial charge on any atom is 0.491 e. The minimum absolute atomic E-state index is 0.0470. The molecule has 1 saturated heterocycles. The van der Waals surface area contributed by atoms with E-state index in [1.165, 1.54) is 0 Å². The highest BCUT2D eigenvalue weighted by atomic mass is 16.7. The van der Waals surface area contributed by atoms with Crippen LogP contribution >= 0.6 is 0 Å². The van der Waals surface area contributed by atoms with Crippen LogP contribution in [0.25, 0.3) is 6.08 Å². The van der Waals surface area contributed by atoms with Crippen LogP contribution < -0.4 is 5.32 Å². The van der Waals surface area contributed by atoms with E-state index in [0.717, 1.165) is 22.2 Å². The van der Waals surface area contributed by atoms with Crippen LogP contribution in [-0.2, 0) is 15.9 Å². The summed E-state index contributed by atoms with van der Waals surface area (Å²) in [7, 11) is 1.54. The highest BCUT2D eigenvalue weighted by molar-refractivity contribution is 6.55. The monoisotopic (exact) mass is 317 g/mol. The lowest BCUT2D eigenvalue weighted by atomic mass is 9.76. The molecule has 1 aromatic carbocycles. The number of nitrogens with one attached hydrogen (secondary N) is 1. The maximum atomic E-state index is 9.45. The molecule has 2 rings (SSSR count). The van der Waals surface area contributed by atoms with Crippen molar-refractivity contribution >= 4 is 13.2 Å². The Hall–Kier alpha value is -1.14. The standard InChI is InChI=1S/C18H28BNO3/c1-13-14(8-7-9-15(13)12-21)10-16(11-20-6)19-22-17(2,3)18(4,5)23-19/h7-10,20-21H,11-12H2,1-6H3.